The SMILES string of the molecule is CCC(=O)Nc1ccc2c(c1)N(C(=O)CC)CCC2. The summed E-state index contributed by atoms with van der Waals surface area (Å²) in [4.78, 5) is 25.2. The smallest absolute Gasteiger partial charge is 0.226 e. The first-order valence-corrected chi connectivity index (χ1v) is 6.88. The molecule has 2 rings (SSSR count). The molecule has 0 aliphatic carbocycles. The monoisotopic (exact) mass is 260 g/mol. The fraction of sp³-hybridized carbons (Fsp3) is 0.467. The van der Waals surface area contributed by atoms with Gasteiger partial charge in [-0.05, 0) is 30.5 Å². The second kappa shape index (κ2) is 5.87. The van der Waals surface area contributed by atoms with Crippen LogP contribution in [0.1, 0.15) is 38.7 Å². The summed E-state index contributed by atoms with van der Waals surface area (Å²) in [5, 5.41) is 2.84. The van der Waals surface area contributed by atoms with Gasteiger partial charge in [0, 0.05) is 30.8 Å². The predicted octanol–water partition coefficient (Wildman–Crippen LogP) is 2.72. The van der Waals surface area contributed by atoms with E-state index in [9.17, 15) is 9.59 Å². The summed E-state index contributed by atoms with van der Waals surface area (Å²) in [7, 11) is 0. The number of fused-ring (bicyclic) bond motifs is 1. The minimum Gasteiger partial charge on any atom is -0.326 e. The van der Waals surface area contributed by atoms with E-state index >= 15 is 0 Å². The van der Waals surface area contributed by atoms with Crippen LogP contribution in [0.4, 0.5) is 11.4 Å². The van der Waals surface area contributed by atoms with Crippen molar-refractivity contribution in [3.8, 4) is 0 Å². The zero-order chi connectivity index (χ0) is 13.8. The highest BCUT2D eigenvalue weighted by atomic mass is 16.2. The molecule has 2 amide bonds. The lowest BCUT2D eigenvalue weighted by Crippen LogP contribution is -2.35. The molecule has 1 aliphatic heterocycles. The summed E-state index contributed by atoms with van der Waals surface area (Å²) < 4.78 is 0. The van der Waals surface area contributed by atoms with Crippen LogP contribution in [0.3, 0.4) is 0 Å². The Morgan fingerprint density at radius 2 is 2.05 bits per heavy atom. The summed E-state index contributed by atoms with van der Waals surface area (Å²) >= 11 is 0. The molecule has 0 saturated carbocycles. The van der Waals surface area contributed by atoms with E-state index in [2.05, 4.69) is 5.32 Å². The number of carbonyl (C=O) groups excluding carboxylic acids is 2. The Morgan fingerprint density at radius 1 is 1.26 bits per heavy atom. The molecule has 0 saturated heterocycles. The molecule has 1 heterocycles. The molecule has 4 nitrogen and oxygen atoms in total. The third kappa shape index (κ3) is 2.95. The van der Waals surface area contributed by atoms with Crippen molar-refractivity contribution in [3.05, 3.63) is 23.8 Å². The van der Waals surface area contributed by atoms with Gasteiger partial charge in [-0.2, -0.15) is 0 Å². The van der Waals surface area contributed by atoms with Gasteiger partial charge in [0.1, 0.15) is 0 Å². The van der Waals surface area contributed by atoms with Crippen LogP contribution in [-0.2, 0) is 16.0 Å². The maximum absolute atomic E-state index is 12.0. The van der Waals surface area contributed by atoms with Crippen molar-refractivity contribution in [2.75, 3.05) is 16.8 Å². The van der Waals surface area contributed by atoms with Crippen LogP contribution in [0.25, 0.3) is 0 Å². The largest absolute Gasteiger partial charge is 0.326 e. The van der Waals surface area contributed by atoms with Crippen molar-refractivity contribution in [2.45, 2.75) is 39.5 Å². The normalized spacial score (nSPS) is 13.9. The molecule has 0 radical (unpaired) electrons. The highest BCUT2D eigenvalue weighted by Gasteiger charge is 2.21. The van der Waals surface area contributed by atoms with Gasteiger partial charge in [0.2, 0.25) is 11.8 Å². The molecule has 102 valence electrons. The van der Waals surface area contributed by atoms with Crippen LogP contribution in [0, 0.1) is 0 Å². The number of hydrogen-bond donors (Lipinski definition) is 1. The van der Waals surface area contributed by atoms with Gasteiger partial charge in [-0.25, -0.2) is 0 Å². The molecule has 19 heavy (non-hydrogen) atoms. The van der Waals surface area contributed by atoms with Gasteiger partial charge in [0.05, 0.1) is 0 Å². The average Bonchev–Trinajstić information content (AvgIpc) is 2.45. The van der Waals surface area contributed by atoms with Crippen LogP contribution in [-0.4, -0.2) is 18.4 Å². The van der Waals surface area contributed by atoms with E-state index in [4.69, 9.17) is 0 Å². The highest BCUT2D eigenvalue weighted by molar-refractivity contribution is 5.96. The second-order valence-electron chi connectivity index (χ2n) is 4.75. The number of nitrogens with one attached hydrogen (secondary N) is 1. The first-order chi connectivity index (χ1) is 9.15. The molecule has 0 atom stereocenters. The fourth-order valence-corrected chi connectivity index (χ4v) is 2.35. The topological polar surface area (TPSA) is 49.4 Å². The summed E-state index contributed by atoms with van der Waals surface area (Å²) in [5.41, 5.74) is 2.90. The molecule has 0 unspecified atom stereocenters. The maximum atomic E-state index is 12.0. The molecule has 0 aromatic heterocycles. The number of hydrogen-bond acceptors (Lipinski definition) is 2. The third-order valence-electron chi connectivity index (χ3n) is 3.41. The van der Waals surface area contributed by atoms with Gasteiger partial charge in [0.25, 0.3) is 0 Å². The predicted molar refractivity (Wildman–Crippen MR) is 76.3 cm³/mol. The van der Waals surface area contributed by atoms with Crippen LogP contribution in [0.5, 0.6) is 0 Å². The fourth-order valence-electron chi connectivity index (χ4n) is 2.35. The summed E-state index contributed by atoms with van der Waals surface area (Å²) in [6.45, 7) is 4.46. The van der Waals surface area contributed by atoms with E-state index in [-0.39, 0.29) is 11.8 Å². The lowest BCUT2D eigenvalue weighted by atomic mass is 10.0. The standard InChI is InChI=1S/C15H20N2O2/c1-3-14(18)16-12-8-7-11-6-5-9-17(13(11)10-12)15(19)4-2/h7-8,10H,3-6,9H2,1-2H3,(H,16,18). The van der Waals surface area contributed by atoms with Crippen molar-refractivity contribution in [1.29, 1.82) is 0 Å². The maximum Gasteiger partial charge on any atom is 0.226 e. The first kappa shape index (κ1) is 13.6. The summed E-state index contributed by atoms with van der Waals surface area (Å²) in [6, 6.07) is 5.83. The lowest BCUT2D eigenvalue weighted by molar-refractivity contribution is -0.118. The van der Waals surface area contributed by atoms with E-state index in [0.29, 0.717) is 12.8 Å². The minimum absolute atomic E-state index is 0.0101. The molecule has 1 aromatic carbocycles. The van der Waals surface area contributed by atoms with Crippen molar-refractivity contribution in [3.63, 3.8) is 0 Å². The lowest BCUT2D eigenvalue weighted by Gasteiger charge is -2.29. The average molecular weight is 260 g/mol. The minimum atomic E-state index is -0.0101. The number of benzene rings is 1. The first-order valence-electron chi connectivity index (χ1n) is 6.88. The zero-order valence-electron chi connectivity index (χ0n) is 11.5. The summed E-state index contributed by atoms with van der Waals surface area (Å²) in [5.74, 6) is 0.129. The molecule has 1 aromatic rings. The molecule has 1 N–H and O–H groups in total. The van der Waals surface area contributed by atoms with E-state index < -0.39 is 0 Å². The van der Waals surface area contributed by atoms with Gasteiger partial charge >= 0.3 is 0 Å². The van der Waals surface area contributed by atoms with E-state index in [1.54, 1.807) is 0 Å². The zero-order valence-corrected chi connectivity index (χ0v) is 11.5. The molecule has 1 aliphatic rings. The van der Waals surface area contributed by atoms with Crippen LogP contribution >= 0.6 is 0 Å². The Kier molecular flexibility index (Phi) is 4.20. The quantitative estimate of drug-likeness (QED) is 0.908. The van der Waals surface area contributed by atoms with Crippen molar-refractivity contribution < 1.29 is 9.59 Å². The number of nitrogens with zero attached hydrogens (tertiary/aromatic N) is 1. The van der Waals surface area contributed by atoms with E-state index in [1.165, 1.54) is 5.56 Å². The van der Waals surface area contributed by atoms with Crippen LogP contribution < -0.4 is 10.2 Å². The third-order valence-corrected chi connectivity index (χ3v) is 3.41. The second-order valence-corrected chi connectivity index (χ2v) is 4.75. The number of anilines is 2. The molecule has 0 bridgehead atoms. The Hall–Kier alpha value is -1.84. The van der Waals surface area contributed by atoms with E-state index in [0.717, 1.165) is 30.8 Å². The number of carbonyl (C=O) groups is 2. The van der Waals surface area contributed by atoms with Crippen molar-refractivity contribution >= 4 is 23.2 Å². The van der Waals surface area contributed by atoms with E-state index in [1.807, 2.05) is 36.9 Å². The van der Waals surface area contributed by atoms with Gasteiger partial charge in [-0.15, -0.1) is 0 Å². The van der Waals surface area contributed by atoms with Crippen molar-refractivity contribution in [2.24, 2.45) is 0 Å². The van der Waals surface area contributed by atoms with Gasteiger partial charge in [-0.3, -0.25) is 9.59 Å². The Balaban J connectivity index is 2.30. The molecule has 0 spiro atoms. The van der Waals surface area contributed by atoms with Gasteiger partial charge in [-0.1, -0.05) is 19.9 Å². The number of aryl methyl sites for hydroxylation is 1. The molecule has 4 heteroatoms. The molecular formula is C15H20N2O2. The Bertz CT molecular complexity index is 497. The Labute approximate surface area is 113 Å². The van der Waals surface area contributed by atoms with Gasteiger partial charge in [0.15, 0.2) is 0 Å². The molecular weight excluding hydrogens is 240 g/mol. The van der Waals surface area contributed by atoms with Crippen LogP contribution in [0.2, 0.25) is 0 Å². The Morgan fingerprint density at radius 3 is 2.74 bits per heavy atom. The van der Waals surface area contributed by atoms with Crippen molar-refractivity contribution in [1.82, 2.24) is 0 Å². The molecule has 0 fully saturated rings. The number of amides is 2. The van der Waals surface area contributed by atoms with Gasteiger partial charge < -0.3 is 10.2 Å². The number of rotatable bonds is 3. The van der Waals surface area contributed by atoms with Crippen LogP contribution in [0.15, 0.2) is 18.2 Å². The highest BCUT2D eigenvalue weighted by Crippen LogP contribution is 2.30. The summed E-state index contributed by atoms with van der Waals surface area (Å²) in [6.07, 6.45) is 2.95.